The van der Waals surface area contributed by atoms with E-state index in [1.165, 1.54) is 257 Å². The Bertz CT molecular complexity index is 1020. The monoisotopic (exact) mass is 946 g/mol. The van der Waals surface area contributed by atoms with Gasteiger partial charge in [0.2, 0.25) is 5.91 Å². The van der Waals surface area contributed by atoms with Crippen LogP contribution in [0.2, 0.25) is 0 Å². The second-order valence-electron chi connectivity index (χ2n) is 21.0. The smallest absolute Gasteiger partial charge is 0.249 e. The quantitative estimate of drug-likeness (QED) is 0.0308. The molecule has 0 spiro atoms. The summed E-state index contributed by atoms with van der Waals surface area (Å²) >= 11 is 0. The van der Waals surface area contributed by atoms with Gasteiger partial charge in [0, 0.05) is 0 Å². The lowest BCUT2D eigenvalue weighted by Crippen LogP contribution is -2.53. The molecule has 6 heteroatoms. The van der Waals surface area contributed by atoms with Crippen molar-refractivity contribution in [2.24, 2.45) is 0 Å². The molecule has 0 heterocycles. The molecule has 0 rings (SSSR count). The zero-order chi connectivity index (χ0) is 48.8. The topological polar surface area (TPSA) is 110 Å². The van der Waals surface area contributed by atoms with Crippen LogP contribution in [0.1, 0.15) is 328 Å². The van der Waals surface area contributed by atoms with E-state index in [1.54, 1.807) is 0 Å². The molecule has 0 aliphatic heterocycles. The van der Waals surface area contributed by atoms with Gasteiger partial charge in [-0.05, 0) is 51.4 Å². The second-order valence-corrected chi connectivity index (χ2v) is 21.0. The molecule has 4 unspecified atom stereocenters. The molecule has 1 amide bonds. The van der Waals surface area contributed by atoms with Crippen LogP contribution in [0.5, 0.6) is 0 Å². The average Bonchev–Trinajstić information content (AvgIpc) is 3.33. The minimum absolute atomic E-state index is 0.365. The Morgan fingerprint density at radius 2 is 0.627 bits per heavy atom. The van der Waals surface area contributed by atoms with Gasteiger partial charge < -0.3 is 25.7 Å². The number of hydrogen-bond donors (Lipinski definition) is 5. The molecule has 0 radical (unpaired) electrons. The summed E-state index contributed by atoms with van der Waals surface area (Å²) in [5.41, 5.74) is 0. The van der Waals surface area contributed by atoms with E-state index in [4.69, 9.17) is 0 Å². The Hall–Kier alpha value is -1.21. The Balaban J connectivity index is 3.64. The van der Waals surface area contributed by atoms with Crippen LogP contribution in [0.15, 0.2) is 24.3 Å². The summed E-state index contributed by atoms with van der Waals surface area (Å²) in [5, 5.41) is 44.0. The molecule has 0 aliphatic carbocycles. The number of hydrogen-bond acceptors (Lipinski definition) is 5. The van der Waals surface area contributed by atoms with Gasteiger partial charge in [-0.1, -0.05) is 301 Å². The van der Waals surface area contributed by atoms with Crippen LogP contribution in [-0.4, -0.2) is 57.3 Å². The molecule has 0 fully saturated rings. The van der Waals surface area contributed by atoms with Crippen LogP contribution in [0, 0.1) is 0 Å². The van der Waals surface area contributed by atoms with Crippen molar-refractivity contribution >= 4 is 5.91 Å². The average molecular weight is 947 g/mol. The van der Waals surface area contributed by atoms with Gasteiger partial charge >= 0.3 is 0 Å². The van der Waals surface area contributed by atoms with Crippen molar-refractivity contribution in [3.63, 3.8) is 0 Å². The van der Waals surface area contributed by atoms with Crippen LogP contribution in [0.3, 0.4) is 0 Å². The maximum atomic E-state index is 12.6. The van der Waals surface area contributed by atoms with E-state index in [2.05, 4.69) is 43.5 Å². The van der Waals surface area contributed by atoms with Gasteiger partial charge in [0.25, 0.3) is 0 Å². The third-order valence-electron chi connectivity index (χ3n) is 14.4. The number of rotatable bonds is 56. The molecule has 0 aromatic heterocycles. The van der Waals surface area contributed by atoms with Gasteiger partial charge in [-0.2, -0.15) is 0 Å². The number of unbranched alkanes of at least 4 members (excludes halogenated alkanes) is 43. The number of allylic oxidation sites excluding steroid dienone is 4. The largest absolute Gasteiger partial charge is 0.394 e. The van der Waals surface area contributed by atoms with Crippen molar-refractivity contribution < 1.29 is 25.2 Å². The van der Waals surface area contributed by atoms with Crippen molar-refractivity contribution in [1.82, 2.24) is 5.32 Å². The van der Waals surface area contributed by atoms with E-state index in [0.29, 0.717) is 19.3 Å². The van der Waals surface area contributed by atoms with Crippen LogP contribution < -0.4 is 5.32 Å². The van der Waals surface area contributed by atoms with Crippen LogP contribution in [0.4, 0.5) is 0 Å². The zero-order valence-corrected chi connectivity index (χ0v) is 45.2. The molecule has 6 nitrogen and oxygen atoms in total. The highest BCUT2D eigenvalue weighted by Gasteiger charge is 2.28. The highest BCUT2D eigenvalue weighted by molar-refractivity contribution is 5.80. The lowest BCUT2D eigenvalue weighted by atomic mass is 10.00. The summed E-state index contributed by atoms with van der Waals surface area (Å²) in [5.74, 6) is -0.591. The van der Waals surface area contributed by atoms with Gasteiger partial charge in [-0.25, -0.2) is 0 Å². The van der Waals surface area contributed by atoms with Gasteiger partial charge in [-0.3, -0.25) is 4.79 Å². The Kier molecular flexibility index (Phi) is 54.7. The molecule has 5 N–H and O–H groups in total. The number of carbonyl (C=O) groups is 1. The number of aliphatic hydroxyl groups excluding tert-OH is 4. The van der Waals surface area contributed by atoms with Crippen molar-refractivity contribution in [3.05, 3.63) is 24.3 Å². The van der Waals surface area contributed by atoms with E-state index in [1.807, 2.05) is 0 Å². The van der Waals surface area contributed by atoms with Gasteiger partial charge in [0.1, 0.15) is 12.2 Å². The Morgan fingerprint density at radius 1 is 0.358 bits per heavy atom. The third-order valence-corrected chi connectivity index (χ3v) is 14.4. The molecular formula is C61H119NO5. The molecule has 0 saturated carbocycles. The molecule has 0 aromatic carbocycles. The van der Waals surface area contributed by atoms with E-state index in [-0.39, 0.29) is 0 Å². The molecule has 67 heavy (non-hydrogen) atoms. The predicted molar refractivity (Wildman–Crippen MR) is 293 cm³/mol. The molecule has 4 atom stereocenters. The number of amides is 1. The van der Waals surface area contributed by atoms with Crippen molar-refractivity contribution in [3.8, 4) is 0 Å². The highest BCUT2D eigenvalue weighted by atomic mass is 16.3. The van der Waals surface area contributed by atoms with E-state index >= 15 is 0 Å². The standard InChI is InChI=1S/C61H119NO5/c1-3-5-7-9-11-13-15-17-19-21-23-25-27-29-30-31-33-34-36-38-40-42-44-46-48-50-52-54-58(64)60(66)57(56-63)62-61(67)59(65)55-53-51-49-47-45-43-41-39-37-35-32-28-26-24-22-20-18-16-14-12-10-8-6-4-2/h38,40,46,48,57-60,63-66H,3-37,39,41-45,47,49-56H2,1-2H3,(H,62,67)/b40-38+,48-46+. The molecule has 0 bridgehead atoms. The summed E-state index contributed by atoms with van der Waals surface area (Å²) in [6, 6.07) is -1.01. The van der Waals surface area contributed by atoms with Gasteiger partial charge in [-0.15, -0.1) is 0 Å². The minimum Gasteiger partial charge on any atom is -0.394 e. The first-order valence-electron chi connectivity index (χ1n) is 30.2. The number of aliphatic hydroxyl groups is 4. The highest BCUT2D eigenvalue weighted by Crippen LogP contribution is 2.18. The van der Waals surface area contributed by atoms with Gasteiger partial charge in [0.15, 0.2) is 0 Å². The van der Waals surface area contributed by atoms with Crippen LogP contribution >= 0.6 is 0 Å². The normalized spacial score (nSPS) is 13.8. The Labute approximate surface area is 418 Å². The summed E-state index contributed by atoms with van der Waals surface area (Å²) < 4.78 is 0. The van der Waals surface area contributed by atoms with E-state index < -0.39 is 36.9 Å². The van der Waals surface area contributed by atoms with Crippen LogP contribution in [0.25, 0.3) is 0 Å². The lowest BCUT2D eigenvalue weighted by molar-refractivity contribution is -0.132. The fraction of sp³-hybridized carbons (Fsp3) is 0.918. The predicted octanol–water partition coefficient (Wildman–Crippen LogP) is 17.8. The van der Waals surface area contributed by atoms with Crippen molar-refractivity contribution in [2.75, 3.05) is 6.61 Å². The summed E-state index contributed by atoms with van der Waals surface area (Å²) in [6.45, 7) is 4.09. The summed E-state index contributed by atoms with van der Waals surface area (Å²) in [7, 11) is 0. The first-order valence-corrected chi connectivity index (χ1v) is 30.2. The first-order chi connectivity index (χ1) is 33.0. The molecule has 0 saturated heterocycles. The second kappa shape index (κ2) is 55.7. The fourth-order valence-electron chi connectivity index (χ4n) is 9.66. The van der Waals surface area contributed by atoms with Crippen molar-refractivity contribution in [2.45, 2.75) is 353 Å². The molecule has 398 valence electrons. The third kappa shape index (κ3) is 49.6. The SMILES string of the molecule is CCCCCCCCCCCCCCCCCCCC/C=C/CC/C=C/CCCC(O)C(O)C(CO)NC(=O)C(O)CCCCCCCCCCCCCCCCCCCCCCCCCC. The lowest BCUT2D eigenvalue weighted by Gasteiger charge is -2.27. The van der Waals surface area contributed by atoms with Crippen molar-refractivity contribution in [1.29, 1.82) is 0 Å². The fourth-order valence-corrected chi connectivity index (χ4v) is 9.66. The maximum absolute atomic E-state index is 12.6. The van der Waals surface area contributed by atoms with E-state index in [0.717, 1.165) is 38.5 Å². The van der Waals surface area contributed by atoms with Crippen LogP contribution in [-0.2, 0) is 4.79 Å². The number of carbonyl (C=O) groups excluding carboxylic acids is 1. The van der Waals surface area contributed by atoms with E-state index in [9.17, 15) is 25.2 Å². The minimum atomic E-state index is -1.29. The Morgan fingerprint density at radius 3 is 0.940 bits per heavy atom. The maximum Gasteiger partial charge on any atom is 0.249 e. The molecule has 0 aliphatic rings. The molecular weight excluding hydrogens is 827 g/mol. The van der Waals surface area contributed by atoms with Gasteiger partial charge in [0.05, 0.1) is 18.8 Å². The zero-order valence-electron chi connectivity index (χ0n) is 45.2. The first kappa shape index (κ1) is 65.8. The molecule has 0 aromatic rings. The number of nitrogens with one attached hydrogen (secondary N) is 1. The summed E-state index contributed by atoms with van der Waals surface area (Å²) in [6.07, 6.45) is 68.4. The summed E-state index contributed by atoms with van der Waals surface area (Å²) in [4.78, 5) is 12.6.